The van der Waals surface area contributed by atoms with Gasteiger partial charge >= 0.3 is 24.2 Å². The molecule has 7 aromatic rings. The van der Waals surface area contributed by atoms with Crippen LogP contribution in [0.3, 0.4) is 0 Å². The number of aryl methyl sites for hydroxylation is 1. The quantitative estimate of drug-likeness (QED) is 0.0111. The highest BCUT2D eigenvalue weighted by Crippen LogP contribution is 2.47. The second kappa shape index (κ2) is 39.7. The Kier molecular flexibility index (Phi) is 29.8. The fourth-order valence-electron chi connectivity index (χ4n) is 13.4. The van der Waals surface area contributed by atoms with E-state index in [-0.39, 0.29) is 112 Å². The highest BCUT2D eigenvalue weighted by molar-refractivity contribution is 7.98. The molecule has 0 bridgehead atoms. The third-order valence-electron chi connectivity index (χ3n) is 19.6. The van der Waals surface area contributed by atoms with E-state index in [1.807, 2.05) is 18.6 Å². The first-order chi connectivity index (χ1) is 54.3. The van der Waals surface area contributed by atoms with Gasteiger partial charge in [-0.05, 0) is 128 Å². The Morgan fingerprint density at radius 3 is 2.10 bits per heavy atom. The first-order valence-electron chi connectivity index (χ1n) is 37.2. The number of ether oxygens (including phenoxy) is 7. The Morgan fingerprint density at radius 1 is 0.761 bits per heavy atom. The van der Waals surface area contributed by atoms with Crippen LogP contribution < -0.4 is 48.9 Å². The number of benzene rings is 3. The summed E-state index contributed by atoms with van der Waals surface area (Å²) in [7, 11) is 2.86. The number of nitrogen functional groups attached to an aromatic ring is 1. The normalized spacial score (nSPS) is 15.1. The number of likely N-dealkylation sites (N-methyl/N-ethyl adjacent to an activating group) is 2. The minimum Gasteiger partial charge on any atom is -0.457 e. The number of pyridine rings is 3. The summed E-state index contributed by atoms with van der Waals surface area (Å²) in [5.41, 5.74) is 17.1. The van der Waals surface area contributed by atoms with Gasteiger partial charge < -0.3 is 90.9 Å². The highest BCUT2D eigenvalue weighted by Gasteiger charge is 2.51. The number of fused-ring (bicyclic) bond motifs is 6. The number of hydrogen-bond acceptors (Lipinski definition) is 24. The van der Waals surface area contributed by atoms with Gasteiger partial charge in [0, 0.05) is 98.2 Å². The van der Waals surface area contributed by atoms with E-state index in [9.17, 15) is 47.9 Å². The number of aromatic nitrogens is 5. The maximum Gasteiger partial charge on any atom is 0.411 e. The number of cyclic esters (lactones) is 1. The number of rotatable bonds is 39. The second-order valence-electron chi connectivity index (χ2n) is 27.7. The predicted octanol–water partition coefficient (Wildman–Crippen LogP) is 6.83. The molecule has 0 unspecified atom stereocenters. The zero-order valence-corrected chi connectivity index (χ0v) is 66.1. The summed E-state index contributed by atoms with van der Waals surface area (Å²) in [5, 5.41) is 17.4. The van der Waals surface area contributed by atoms with Gasteiger partial charge in [0.25, 0.3) is 17.4 Å². The molecule has 3 aromatic carbocycles. The summed E-state index contributed by atoms with van der Waals surface area (Å²) in [6.45, 7) is 8.42. The largest absolute Gasteiger partial charge is 0.457 e. The van der Waals surface area contributed by atoms with Crippen LogP contribution in [-0.2, 0) is 95.6 Å². The smallest absolute Gasteiger partial charge is 0.411 e. The van der Waals surface area contributed by atoms with Crippen LogP contribution in [0.2, 0.25) is 0 Å². The molecule has 1 aliphatic carbocycles. The van der Waals surface area contributed by atoms with Gasteiger partial charge in [0.2, 0.25) is 23.3 Å². The number of carbonyl (C=O) groups excluding carboxylic acids is 9. The number of primary amides is 1. The predicted molar refractivity (Wildman–Crippen MR) is 421 cm³/mol. The maximum atomic E-state index is 15.7. The van der Waals surface area contributed by atoms with Crippen molar-refractivity contribution in [3.8, 4) is 11.4 Å². The molecule has 4 aromatic heterocycles. The average molecular weight is 1600 g/mol. The average Bonchev–Trinajstić information content (AvgIpc) is 1.59. The van der Waals surface area contributed by atoms with Crippen molar-refractivity contribution in [1.82, 2.24) is 60.9 Å². The number of nitrogens with one attached hydrogen (secondary N) is 6. The standard InChI is InChI=1S/C78H96FN15O17S2/c1-9-78(52-37-62-67-50(39-94(62)73(100)51(52)41-109-74(78)101)65-56(89-72(99)68-54(80)12-10-23-82-68)21-19-49-45(4)53(79)38-59(88-67)64(49)65)111-77(104)93(6)27-26-92(5)76(103)110-40-46-14-17-48(18-15-46)85-70(97)57(13-11-24-84-75(81)102)90-71(98)66(44(2)3)91-63(95)22-28-105-30-32-107-34-35-108-33-31-106-29-25-83-69(96)47-16-20-55-58(36-47)87-61(43-113-8)60(86-55)42-112-7/h10,12,14-18,20,23,36-38,44,56-57,66H,9,11,13,19,21-22,24-35,39-43,80H2,1-8H3,(H,83,96)(H,85,97)(H,89,99)(H,90,98)(H,91,95)(H3,81,84,102)/t56-,57+,66+,78-/m1/s1. The molecule has 113 heavy (non-hydrogen) atoms. The fourth-order valence-corrected chi connectivity index (χ4v) is 14.4. The molecule has 6 heterocycles. The Labute approximate surface area is 660 Å². The third kappa shape index (κ3) is 21.0. The van der Waals surface area contributed by atoms with Gasteiger partial charge in [0.05, 0.1) is 116 Å². The zero-order valence-electron chi connectivity index (χ0n) is 64.4. The number of amides is 9. The van der Waals surface area contributed by atoms with E-state index in [2.05, 4.69) is 36.9 Å². The minimum atomic E-state index is -2.11. The molecule has 0 spiro atoms. The van der Waals surface area contributed by atoms with Gasteiger partial charge in [-0.15, -0.1) is 0 Å². The summed E-state index contributed by atoms with van der Waals surface area (Å²) in [4.78, 5) is 156. The van der Waals surface area contributed by atoms with Gasteiger partial charge in [0.15, 0.2) is 5.69 Å². The van der Waals surface area contributed by atoms with Crippen molar-refractivity contribution in [2.24, 2.45) is 11.7 Å². The van der Waals surface area contributed by atoms with Crippen molar-refractivity contribution in [2.75, 3.05) is 117 Å². The maximum absolute atomic E-state index is 15.7. The number of urea groups is 1. The monoisotopic (exact) mass is 1600 g/mol. The van der Waals surface area contributed by atoms with Crippen LogP contribution in [0, 0.1) is 18.7 Å². The van der Waals surface area contributed by atoms with E-state index in [1.54, 1.807) is 106 Å². The topological polar surface area (TPSA) is 422 Å². The van der Waals surface area contributed by atoms with Crippen molar-refractivity contribution in [2.45, 2.75) is 121 Å². The van der Waals surface area contributed by atoms with E-state index >= 15 is 4.39 Å². The van der Waals surface area contributed by atoms with E-state index < -0.39 is 95.4 Å². The Hall–Kier alpha value is -10.6. The number of nitrogens with two attached hydrogens (primary N) is 2. The lowest BCUT2D eigenvalue weighted by Gasteiger charge is -2.36. The minimum absolute atomic E-state index is 0.0104. The molecule has 604 valence electrons. The number of nitrogens with zero attached hydrogens (tertiary/aromatic N) is 7. The zero-order chi connectivity index (χ0) is 81.0. The molecule has 4 atom stereocenters. The number of anilines is 2. The Balaban J connectivity index is 0.640. The summed E-state index contributed by atoms with van der Waals surface area (Å²) in [6.07, 6.45) is 4.66. The van der Waals surface area contributed by atoms with E-state index in [0.29, 0.717) is 108 Å². The van der Waals surface area contributed by atoms with Crippen LogP contribution in [0.5, 0.6) is 0 Å². The molecule has 3 aliphatic rings. The van der Waals surface area contributed by atoms with Gasteiger partial charge in [0.1, 0.15) is 31.1 Å². The van der Waals surface area contributed by atoms with Crippen LogP contribution in [0.15, 0.2) is 77.7 Å². The first-order valence-corrected chi connectivity index (χ1v) is 40.0. The number of thioether (sulfide) groups is 2. The third-order valence-corrected chi connectivity index (χ3v) is 20.7. The lowest BCUT2D eigenvalue weighted by molar-refractivity contribution is -0.173. The van der Waals surface area contributed by atoms with Crippen molar-refractivity contribution >= 4 is 111 Å². The molecular weight excluding hydrogens is 1500 g/mol. The summed E-state index contributed by atoms with van der Waals surface area (Å²) < 4.78 is 56.8. The number of carbonyl (C=O) groups is 9. The number of hydrogen-bond donors (Lipinski definition) is 8. The van der Waals surface area contributed by atoms with Crippen LogP contribution in [0.4, 0.5) is 30.1 Å². The van der Waals surface area contributed by atoms with Gasteiger partial charge in [-0.1, -0.05) is 32.9 Å². The summed E-state index contributed by atoms with van der Waals surface area (Å²) in [5.74, 6) is -2.72. The molecule has 0 saturated carbocycles. The second-order valence-corrected chi connectivity index (χ2v) is 29.4. The van der Waals surface area contributed by atoms with Gasteiger partial charge in [-0.2, -0.15) is 23.5 Å². The highest BCUT2D eigenvalue weighted by atomic mass is 32.2. The fraction of sp³-hybridized carbons (Fsp3) is 0.462. The van der Waals surface area contributed by atoms with Crippen molar-refractivity contribution in [3.05, 3.63) is 151 Å². The summed E-state index contributed by atoms with van der Waals surface area (Å²) in [6, 6.07) is 14.2. The number of halogens is 1. The van der Waals surface area contributed by atoms with Crippen LogP contribution in [0.25, 0.3) is 33.3 Å². The van der Waals surface area contributed by atoms with Crippen LogP contribution in [-0.4, -0.2) is 206 Å². The van der Waals surface area contributed by atoms with Crippen molar-refractivity contribution in [1.29, 1.82) is 0 Å². The van der Waals surface area contributed by atoms with Crippen molar-refractivity contribution < 1.29 is 80.7 Å². The molecule has 32 nitrogen and oxygen atoms in total. The molecule has 9 amide bonds. The number of esters is 1. The van der Waals surface area contributed by atoms with Crippen LogP contribution in [0.1, 0.15) is 130 Å². The lowest BCUT2D eigenvalue weighted by Crippen LogP contribution is -2.54. The van der Waals surface area contributed by atoms with E-state index in [0.717, 1.165) is 38.9 Å². The lowest BCUT2D eigenvalue weighted by atomic mass is 9.81. The first kappa shape index (κ1) is 84.9. The molecule has 0 fully saturated rings. The van der Waals surface area contributed by atoms with Crippen molar-refractivity contribution in [3.63, 3.8) is 0 Å². The van der Waals surface area contributed by atoms with E-state index in [4.69, 9.17) is 59.6 Å². The molecule has 2 aliphatic heterocycles. The Bertz CT molecular complexity index is 4750. The molecule has 10 rings (SSSR count). The molecule has 0 radical (unpaired) electrons. The molecule has 35 heteroatoms. The Morgan fingerprint density at radius 2 is 1.43 bits per heavy atom. The van der Waals surface area contributed by atoms with Crippen LogP contribution >= 0.6 is 23.5 Å². The summed E-state index contributed by atoms with van der Waals surface area (Å²) >= 11 is 3.36. The van der Waals surface area contributed by atoms with Gasteiger partial charge in [-0.25, -0.2) is 43.5 Å². The molecule has 0 saturated heterocycles. The molecule has 10 N–H and O–H groups in total. The SMILES string of the molecule is CC[C@]1(OC(=O)N(C)CCN(C)C(=O)OCc2ccc(NC(=O)[C@H](CCCNC(N)=O)NC(=O)[C@@H](NC(=O)CCOCCOCCOCCOCCNC(=O)c3ccc4nc(CSC)c(CSC)nc4c3)C(C)C)cc2)C(=O)OCc2c1cc1n(c2=O)Cc2c-1nc1cc(F)c(C)c3c1c2[C@H](NC(=O)c1ncccc1N)CC3. The van der Waals surface area contributed by atoms with Gasteiger partial charge in [-0.3, -0.25) is 28.8 Å². The molecular formula is C78H96FN15O17S2. The van der Waals surface area contributed by atoms with E-state index in [1.165, 1.54) is 35.8 Å².